The molecule has 1 aliphatic heterocycles. The Labute approximate surface area is 167 Å². The molecule has 28 heavy (non-hydrogen) atoms. The molecule has 0 aromatic heterocycles. The van der Waals surface area contributed by atoms with Gasteiger partial charge in [-0.1, -0.05) is 26.0 Å². The van der Waals surface area contributed by atoms with Gasteiger partial charge in [0.1, 0.15) is 12.3 Å². The Kier molecular flexibility index (Phi) is 10.9. The number of aldehydes is 1. The molecule has 0 spiro atoms. The van der Waals surface area contributed by atoms with Crippen molar-refractivity contribution in [1.29, 1.82) is 0 Å². The minimum absolute atomic E-state index is 0.108. The van der Waals surface area contributed by atoms with E-state index in [1.54, 1.807) is 7.05 Å². The predicted molar refractivity (Wildman–Crippen MR) is 111 cm³/mol. The van der Waals surface area contributed by atoms with E-state index >= 15 is 0 Å². The Morgan fingerprint density at radius 2 is 1.82 bits per heavy atom. The number of likely N-dealkylation sites (tertiary alicyclic amines) is 1. The first-order valence-electron chi connectivity index (χ1n) is 9.99. The number of nitrogens with zero attached hydrogens (tertiary/aromatic N) is 1. The second kappa shape index (κ2) is 12.9. The lowest BCUT2D eigenvalue weighted by atomic mass is 9.89. The van der Waals surface area contributed by atoms with Gasteiger partial charge in [-0.2, -0.15) is 0 Å². The quantitative estimate of drug-likeness (QED) is 0.560. The molecule has 1 aliphatic rings. The van der Waals surface area contributed by atoms with E-state index in [1.165, 1.54) is 5.56 Å². The normalized spacial score (nSPS) is 15.7. The van der Waals surface area contributed by atoms with Crippen LogP contribution in [-0.2, 0) is 14.4 Å². The lowest BCUT2D eigenvalue weighted by Gasteiger charge is -2.31. The zero-order chi connectivity index (χ0) is 20.9. The molecule has 1 fully saturated rings. The van der Waals surface area contributed by atoms with Gasteiger partial charge in [0.25, 0.3) is 0 Å². The van der Waals surface area contributed by atoms with E-state index < -0.39 is 12.0 Å². The van der Waals surface area contributed by atoms with Crippen molar-refractivity contribution in [3.05, 3.63) is 29.8 Å². The second-order valence-corrected chi connectivity index (χ2v) is 6.62. The average molecular weight is 392 g/mol. The number of likely N-dealkylation sites (N-methyl/N-ethyl adjacent to an activating group) is 1. The molecule has 1 unspecified atom stereocenters. The van der Waals surface area contributed by atoms with Crippen LogP contribution in [0.5, 0.6) is 0 Å². The topological polar surface area (TPSA) is 98.7 Å². The summed E-state index contributed by atoms with van der Waals surface area (Å²) in [7, 11) is 1.58. The lowest BCUT2D eigenvalue weighted by molar-refractivity contribution is -0.138. The van der Waals surface area contributed by atoms with Crippen molar-refractivity contribution in [2.75, 3.05) is 32.0 Å². The van der Waals surface area contributed by atoms with Crippen LogP contribution in [0.2, 0.25) is 0 Å². The molecule has 7 nitrogen and oxygen atoms in total. The smallest absolute Gasteiger partial charge is 0.317 e. The number of aliphatic carboxylic acids is 1. The van der Waals surface area contributed by atoms with Crippen LogP contribution in [0.1, 0.15) is 51.0 Å². The molecule has 0 saturated carbocycles. The summed E-state index contributed by atoms with van der Waals surface area (Å²) >= 11 is 0. The SMILES string of the molecule is CC.CNC(=O)C(CCC=O)Nc1ccc(C2CCN(CC(=O)O)CC2)cc1. The number of piperidine rings is 1. The van der Waals surface area contributed by atoms with E-state index in [1.807, 2.05) is 30.9 Å². The molecule has 1 atom stereocenters. The Morgan fingerprint density at radius 3 is 2.32 bits per heavy atom. The zero-order valence-corrected chi connectivity index (χ0v) is 17.1. The van der Waals surface area contributed by atoms with Crippen LogP contribution in [0.4, 0.5) is 5.69 Å². The molecule has 1 aromatic rings. The molecule has 1 heterocycles. The maximum absolute atomic E-state index is 11.9. The average Bonchev–Trinajstić information content (AvgIpc) is 2.72. The molecule has 1 saturated heterocycles. The molecular weight excluding hydrogens is 358 g/mol. The van der Waals surface area contributed by atoms with E-state index in [-0.39, 0.29) is 12.5 Å². The molecule has 1 amide bonds. The summed E-state index contributed by atoms with van der Waals surface area (Å²) in [5.74, 6) is -0.486. The number of carboxylic acids is 1. The van der Waals surface area contributed by atoms with Gasteiger partial charge in [-0.15, -0.1) is 0 Å². The summed E-state index contributed by atoms with van der Waals surface area (Å²) in [6.07, 6.45) is 3.49. The maximum Gasteiger partial charge on any atom is 0.317 e. The maximum atomic E-state index is 11.9. The van der Waals surface area contributed by atoms with E-state index in [0.29, 0.717) is 18.8 Å². The first kappa shape index (κ1) is 23.6. The highest BCUT2D eigenvalue weighted by atomic mass is 16.4. The van der Waals surface area contributed by atoms with E-state index in [4.69, 9.17) is 5.11 Å². The van der Waals surface area contributed by atoms with Gasteiger partial charge >= 0.3 is 5.97 Å². The number of anilines is 1. The number of nitrogens with one attached hydrogen (secondary N) is 2. The van der Waals surface area contributed by atoms with Crippen molar-refractivity contribution in [2.45, 2.75) is 51.5 Å². The van der Waals surface area contributed by atoms with Crippen LogP contribution in [0, 0.1) is 0 Å². The molecule has 2 rings (SSSR count). The summed E-state index contributed by atoms with van der Waals surface area (Å²) in [6, 6.07) is 7.59. The highest BCUT2D eigenvalue weighted by Crippen LogP contribution is 2.28. The van der Waals surface area contributed by atoms with Gasteiger partial charge < -0.3 is 20.5 Å². The van der Waals surface area contributed by atoms with Gasteiger partial charge in [-0.25, -0.2) is 0 Å². The Balaban J connectivity index is 0.00000190. The van der Waals surface area contributed by atoms with E-state index in [9.17, 15) is 14.4 Å². The summed E-state index contributed by atoms with van der Waals surface area (Å²) in [5.41, 5.74) is 2.08. The zero-order valence-electron chi connectivity index (χ0n) is 17.1. The van der Waals surface area contributed by atoms with Gasteiger partial charge in [0.15, 0.2) is 0 Å². The van der Waals surface area contributed by atoms with E-state index in [2.05, 4.69) is 22.8 Å². The number of carbonyl (C=O) groups excluding carboxylic acids is 2. The van der Waals surface area contributed by atoms with Crippen molar-refractivity contribution < 1.29 is 19.5 Å². The lowest BCUT2D eigenvalue weighted by Crippen LogP contribution is -2.37. The fraction of sp³-hybridized carbons (Fsp3) is 0.571. The van der Waals surface area contributed by atoms with Crippen LogP contribution < -0.4 is 10.6 Å². The highest BCUT2D eigenvalue weighted by molar-refractivity contribution is 5.84. The van der Waals surface area contributed by atoms with Gasteiger partial charge in [-0.3, -0.25) is 14.5 Å². The molecule has 0 aliphatic carbocycles. The van der Waals surface area contributed by atoms with Gasteiger partial charge in [0, 0.05) is 19.2 Å². The standard InChI is InChI=1S/C19H27N3O4.C2H6/c1-20-19(26)17(3-2-12-23)21-16-6-4-14(5-7-16)15-8-10-22(11-9-15)13-18(24)25;1-2/h4-7,12,15,17,21H,2-3,8-11,13H2,1H3,(H,20,26)(H,24,25);1-2H3. The third kappa shape index (κ3) is 7.68. The van der Waals surface area contributed by atoms with Crippen LogP contribution in [-0.4, -0.2) is 60.9 Å². The Bertz CT molecular complexity index is 611. The molecule has 0 bridgehead atoms. The minimum atomic E-state index is -0.779. The number of hydrogen-bond donors (Lipinski definition) is 3. The van der Waals surface area contributed by atoms with Crippen molar-refractivity contribution in [2.24, 2.45) is 0 Å². The van der Waals surface area contributed by atoms with Gasteiger partial charge in [0.2, 0.25) is 5.91 Å². The van der Waals surface area contributed by atoms with Crippen LogP contribution in [0.15, 0.2) is 24.3 Å². The molecule has 7 heteroatoms. The summed E-state index contributed by atoms with van der Waals surface area (Å²) < 4.78 is 0. The Morgan fingerprint density at radius 1 is 1.21 bits per heavy atom. The number of carboxylic acid groups (broad SMARTS) is 1. The van der Waals surface area contributed by atoms with Crippen LogP contribution in [0.25, 0.3) is 0 Å². The highest BCUT2D eigenvalue weighted by Gasteiger charge is 2.22. The van der Waals surface area contributed by atoms with Crippen LogP contribution >= 0.6 is 0 Å². The number of amides is 1. The van der Waals surface area contributed by atoms with Crippen molar-refractivity contribution in [3.63, 3.8) is 0 Å². The second-order valence-electron chi connectivity index (χ2n) is 6.62. The van der Waals surface area contributed by atoms with Gasteiger partial charge in [-0.05, 0) is 56.0 Å². The predicted octanol–water partition coefficient (Wildman–Crippen LogP) is 2.48. The largest absolute Gasteiger partial charge is 0.480 e. The summed E-state index contributed by atoms with van der Waals surface area (Å²) in [6.45, 7) is 5.69. The first-order valence-corrected chi connectivity index (χ1v) is 9.99. The molecule has 3 N–H and O–H groups in total. The third-order valence-corrected chi connectivity index (χ3v) is 4.81. The summed E-state index contributed by atoms with van der Waals surface area (Å²) in [5, 5.41) is 14.7. The van der Waals surface area contributed by atoms with Crippen LogP contribution in [0.3, 0.4) is 0 Å². The Hall–Kier alpha value is -2.41. The first-order chi connectivity index (χ1) is 13.5. The number of rotatable bonds is 9. The van der Waals surface area contributed by atoms with Crippen molar-refractivity contribution in [1.82, 2.24) is 10.2 Å². The number of carbonyl (C=O) groups is 3. The fourth-order valence-electron chi connectivity index (χ4n) is 3.35. The van der Waals surface area contributed by atoms with Gasteiger partial charge in [0.05, 0.1) is 6.54 Å². The van der Waals surface area contributed by atoms with Crippen molar-refractivity contribution in [3.8, 4) is 0 Å². The molecule has 0 radical (unpaired) electrons. The molecule has 1 aromatic carbocycles. The number of hydrogen-bond acceptors (Lipinski definition) is 5. The summed E-state index contributed by atoms with van der Waals surface area (Å²) in [4.78, 5) is 35.2. The molecular formula is C21H33N3O4. The molecule has 156 valence electrons. The van der Waals surface area contributed by atoms with E-state index in [0.717, 1.165) is 37.9 Å². The minimum Gasteiger partial charge on any atom is -0.480 e. The fourth-order valence-corrected chi connectivity index (χ4v) is 3.35. The monoisotopic (exact) mass is 391 g/mol. The third-order valence-electron chi connectivity index (χ3n) is 4.81. The van der Waals surface area contributed by atoms with Crippen molar-refractivity contribution >= 4 is 23.9 Å². The number of benzene rings is 1.